The number of anilines is 2. The van der Waals surface area contributed by atoms with Gasteiger partial charge in [0.15, 0.2) is 5.83 Å². The third kappa shape index (κ3) is 5.91. The van der Waals surface area contributed by atoms with E-state index in [2.05, 4.69) is 59.5 Å². The maximum atomic E-state index is 13.9. The predicted molar refractivity (Wildman–Crippen MR) is 174 cm³/mol. The lowest BCUT2D eigenvalue weighted by molar-refractivity contribution is -0.131. The fraction of sp³-hybridized carbons (Fsp3) is 0.471. The number of aromatic nitrogens is 2. The third-order valence-corrected chi connectivity index (χ3v) is 10.2. The lowest BCUT2D eigenvalue weighted by atomic mass is 9.94. The van der Waals surface area contributed by atoms with E-state index in [0.29, 0.717) is 43.7 Å². The van der Waals surface area contributed by atoms with Gasteiger partial charge >= 0.3 is 6.01 Å². The molecule has 236 valence electrons. The average Bonchev–Trinajstić information content (AvgIpc) is 3.42. The predicted octanol–water partition coefficient (Wildman–Crippen LogP) is 5.51. The summed E-state index contributed by atoms with van der Waals surface area (Å²) in [5.74, 6) is -1.03. The number of carbonyl (C=O) groups excluding carboxylic acids is 1. The van der Waals surface area contributed by atoms with Gasteiger partial charge in [-0.2, -0.15) is 15.2 Å². The number of benzene rings is 2. The largest absolute Gasteiger partial charge is 0.461 e. The first kappa shape index (κ1) is 31.1. The summed E-state index contributed by atoms with van der Waals surface area (Å²) in [6.45, 7) is 9.23. The molecule has 3 aliphatic heterocycles. The van der Waals surface area contributed by atoms with Crippen molar-refractivity contribution >= 4 is 39.8 Å². The molecule has 45 heavy (non-hydrogen) atoms. The topological polar surface area (TPSA) is 88.8 Å². The van der Waals surface area contributed by atoms with Crippen LogP contribution < -0.4 is 14.5 Å². The Labute approximate surface area is 268 Å². The molecule has 0 N–H and O–H groups in total. The summed E-state index contributed by atoms with van der Waals surface area (Å²) >= 11 is 6.71. The number of ether oxygens (including phenoxy) is 1. The van der Waals surface area contributed by atoms with Crippen LogP contribution in [-0.2, 0) is 17.8 Å². The van der Waals surface area contributed by atoms with E-state index in [1.54, 1.807) is 0 Å². The number of likely N-dealkylation sites (tertiary alicyclic amines) is 1. The first-order valence-electron chi connectivity index (χ1n) is 15.7. The highest BCUT2D eigenvalue weighted by atomic mass is 35.5. The molecular weight excluding hydrogens is 593 g/mol. The van der Waals surface area contributed by atoms with Crippen LogP contribution in [0.1, 0.15) is 43.9 Å². The highest BCUT2D eigenvalue weighted by Crippen LogP contribution is 2.38. The lowest BCUT2D eigenvalue weighted by Crippen LogP contribution is -2.55. The molecular formula is C34H39ClFN7O2. The molecule has 2 saturated heterocycles. The summed E-state index contributed by atoms with van der Waals surface area (Å²) in [6, 6.07) is 14.2. The van der Waals surface area contributed by atoms with Gasteiger partial charge in [-0.3, -0.25) is 9.69 Å². The highest BCUT2D eigenvalue weighted by Gasteiger charge is 2.39. The van der Waals surface area contributed by atoms with E-state index in [4.69, 9.17) is 26.3 Å². The number of hydrogen-bond donors (Lipinski definition) is 0. The maximum absolute atomic E-state index is 13.9. The molecule has 0 saturated carbocycles. The summed E-state index contributed by atoms with van der Waals surface area (Å²) in [7, 11) is 2.15. The van der Waals surface area contributed by atoms with Gasteiger partial charge < -0.3 is 19.4 Å². The summed E-state index contributed by atoms with van der Waals surface area (Å²) in [5.41, 5.74) is 2.89. The van der Waals surface area contributed by atoms with E-state index in [9.17, 15) is 14.4 Å². The van der Waals surface area contributed by atoms with E-state index >= 15 is 0 Å². The Hall–Kier alpha value is -3.94. The number of halogens is 2. The Morgan fingerprint density at radius 3 is 2.69 bits per heavy atom. The van der Waals surface area contributed by atoms with Crippen molar-refractivity contribution in [3.05, 3.63) is 65.1 Å². The van der Waals surface area contributed by atoms with Crippen LogP contribution in [0.15, 0.2) is 48.8 Å². The molecule has 2 atom stereocenters. The van der Waals surface area contributed by atoms with Crippen LogP contribution in [0.5, 0.6) is 6.01 Å². The smallest absolute Gasteiger partial charge is 0.318 e. The Balaban J connectivity index is 1.36. The second-order valence-corrected chi connectivity index (χ2v) is 12.7. The molecule has 3 aliphatic rings. The summed E-state index contributed by atoms with van der Waals surface area (Å²) < 4.78 is 20.3. The number of nitrogens with zero attached hydrogens (tertiary/aromatic N) is 7. The van der Waals surface area contributed by atoms with Crippen molar-refractivity contribution in [3.63, 3.8) is 0 Å². The number of rotatable bonds is 8. The first-order valence-corrected chi connectivity index (χ1v) is 16.1. The fourth-order valence-electron chi connectivity index (χ4n) is 7.21. The summed E-state index contributed by atoms with van der Waals surface area (Å²) in [5, 5.41) is 12.3. The van der Waals surface area contributed by atoms with Crippen molar-refractivity contribution < 1.29 is 13.9 Å². The molecule has 6 rings (SSSR count). The molecule has 0 bridgehead atoms. The van der Waals surface area contributed by atoms with Crippen LogP contribution in [-0.4, -0.2) is 83.6 Å². The normalized spacial score (nSPS) is 21.9. The number of fused-ring (bicyclic) bond motifs is 2. The number of amides is 1. The van der Waals surface area contributed by atoms with Crippen molar-refractivity contribution in [2.75, 3.05) is 56.2 Å². The molecule has 4 heterocycles. The van der Waals surface area contributed by atoms with Gasteiger partial charge in [0.1, 0.15) is 12.4 Å². The molecule has 11 heteroatoms. The second-order valence-electron chi connectivity index (χ2n) is 12.3. The molecule has 1 unspecified atom stereocenters. The minimum Gasteiger partial charge on any atom is -0.461 e. The number of nitriles is 1. The van der Waals surface area contributed by atoms with Crippen LogP contribution in [0, 0.1) is 11.3 Å². The minimum atomic E-state index is -1.02. The zero-order valence-corrected chi connectivity index (χ0v) is 26.7. The Morgan fingerprint density at radius 2 is 1.98 bits per heavy atom. The monoisotopic (exact) mass is 631 g/mol. The van der Waals surface area contributed by atoms with E-state index in [0.717, 1.165) is 65.9 Å². The van der Waals surface area contributed by atoms with Crippen molar-refractivity contribution in [3.8, 4) is 12.1 Å². The number of carbonyl (C=O) groups is 1. The Morgan fingerprint density at radius 1 is 1.18 bits per heavy atom. The third-order valence-electron chi connectivity index (χ3n) is 9.87. The van der Waals surface area contributed by atoms with Crippen molar-refractivity contribution in [2.45, 2.75) is 57.2 Å². The zero-order valence-electron chi connectivity index (χ0n) is 25.9. The van der Waals surface area contributed by atoms with Crippen LogP contribution in [0.4, 0.5) is 15.9 Å². The molecule has 1 aromatic heterocycles. The van der Waals surface area contributed by atoms with Crippen molar-refractivity contribution in [2.24, 2.45) is 0 Å². The van der Waals surface area contributed by atoms with Crippen molar-refractivity contribution in [1.29, 1.82) is 5.26 Å². The SMILES string of the molecule is C=C(F)C(=O)N1CCN(c2nc(OCC3(CC)CCCN3C)nc3c2CCN(c2cccc4cccc(Cl)c24)C3)C[C@@H]1CC#N. The molecule has 0 spiro atoms. The molecule has 1 amide bonds. The van der Waals surface area contributed by atoms with Gasteiger partial charge in [-0.05, 0) is 56.8 Å². The van der Waals surface area contributed by atoms with Crippen LogP contribution in [0.3, 0.4) is 0 Å². The summed E-state index contributed by atoms with van der Waals surface area (Å²) in [4.78, 5) is 30.7. The highest BCUT2D eigenvalue weighted by molar-refractivity contribution is 6.36. The second kappa shape index (κ2) is 12.8. The number of likely N-dealkylation sites (N-methyl/N-ethyl adjacent to an activating group) is 1. The molecule has 2 fully saturated rings. The number of hydrogen-bond acceptors (Lipinski definition) is 8. The molecule has 0 radical (unpaired) electrons. The van der Waals surface area contributed by atoms with E-state index in [1.165, 1.54) is 4.90 Å². The lowest BCUT2D eigenvalue weighted by Gasteiger charge is -2.42. The number of piperazine rings is 1. The first-order chi connectivity index (χ1) is 21.7. The zero-order chi connectivity index (χ0) is 31.7. The standard InChI is InChI=1S/C34H39ClFN7O2/c1-4-34(14-7-16-40(34)3)22-45-33-38-28-21-41(29-11-6-9-24-8-5-10-27(35)30(24)29)17-13-26(28)31(39-33)42-18-19-43(32(44)23(2)36)25(20-42)12-15-37/h5-6,8-11,25H,2,4,7,12-14,16-22H2,1,3H3/t25-,34?/m0/s1. The Bertz CT molecular complexity index is 1660. The molecule has 9 nitrogen and oxygen atoms in total. The van der Waals surface area contributed by atoms with E-state index in [-0.39, 0.29) is 18.5 Å². The van der Waals surface area contributed by atoms with Gasteiger partial charge in [-0.25, -0.2) is 4.39 Å². The van der Waals surface area contributed by atoms with Gasteiger partial charge in [0.05, 0.1) is 41.3 Å². The van der Waals surface area contributed by atoms with Gasteiger partial charge in [0.25, 0.3) is 5.91 Å². The van der Waals surface area contributed by atoms with Crippen LogP contribution >= 0.6 is 11.6 Å². The van der Waals surface area contributed by atoms with Crippen LogP contribution in [0.2, 0.25) is 5.02 Å². The van der Waals surface area contributed by atoms with E-state index in [1.807, 2.05) is 18.2 Å². The van der Waals surface area contributed by atoms with Crippen molar-refractivity contribution in [1.82, 2.24) is 19.8 Å². The Kier molecular flexibility index (Phi) is 8.85. The van der Waals surface area contributed by atoms with Gasteiger partial charge in [0, 0.05) is 42.8 Å². The quantitative estimate of drug-likeness (QED) is 0.301. The van der Waals surface area contributed by atoms with Gasteiger partial charge in [-0.1, -0.05) is 49.4 Å². The maximum Gasteiger partial charge on any atom is 0.318 e. The minimum absolute atomic E-state index is 0.0657. The molecule has 2 aromatic carbocycles. The van der Waals surface area contributed by atoms with Crippen LogP contribution in [0.25, 0.3) is 10.8 Å². The van der Waals surface area contributed by atoms with E-state index < -0.39 is 17.8 Å². The average molecular weight is 632 g/mol. The molecule has 3 aromatic rings. The summed E-state index contributed by atoms with van der Waals surface area (Å²) in [6.07, 6.45) is 3.91. The van der Waals surface area contributed by atoms with Gasteiger partial charge in [-0.15, -0.1) is 0 Å². The molecule has 0 aliphatic carbocycles. The fourth-order valence-corrected chi connectivity index (χ4v) is 7.49. The van der Waals surface area contributed by atoms with Gasteiger partial charge in [0.2, 0.25) is 0 Å².